The highest BCUT2D eigenvalue weighted by Crippen LogP contribution is 2.40. The molecule has 1 aromatic carbocycles. The molecule has 2 aromatic heterocycles. The molecular formula is C18H16F4N6O. The van der Waals surface area contributed by atoms with Crippen LogP contribution in [0.1, 0.15) is 5.69 Å². The van der Waals surface area contributed by atoms with Crippen LogP contribution in [0.15, 0.2) is 30.7 Å². The SMILES string of the molecule is Cc1cn(-c2ccc(-c3nc(N)nc4c3OCCN4CC(F)(F)F)cc2F)cn1. The van der Waals surface area contributed by atoms with Crippen LogP contribution in [0.2, 0.25) is 0 Å². The third-order valence-corrected chi connectivity index (χ3v) is 4.35. The molecule has 0 saturated heterocycles. The molecule has 3 heterocycles. The average Bonchev–Trinajstić information content (AvgIpc) is 3.06. The van der Waals surface area contributed by atoms with E-state index in [2.05, 4.69) is 15.0 Å². The fraction of sp³-hybridized carbons (Fsp3) is 0.278. The molecule has 2 N–H and O–H groups in total. The maximum absolute atomic E-state index is 14.7. The molecule has 7 nitrogen and oxygen atoms in total. The number of alkyl halides is 3. The first-order valence-corrected chi connectivity index (χ1v) is 8.64. The second-order valence-corrected chi connectivity index (χ2v) is 6.56. The first-order chi connectivity index (χ1) is 13.7. The molecule has 0 aliphatic carbocycles. The van der Waals surface area contributed by atoms with Gasteiger partial charge in [0.15, 0.2) is 11.6 Å². The van der Waals surface area contributed by atoms with Crippen LogP contribution >= 0.6 is 0 Å². The number of aryl methyl sites for hydroxylation is 1. The lowest BCUT2D eigenvalue weighted by atomic mass is 10.1. The maximum atomic E-state index is 14.7. The van der Waals surface area contributed by atoms with Crippen molar-refractivity contribution in [3.05, 3.63) is 42.2 Å². The summed E-state index contributed by atoms with van der Waals surface area (Å²) in [7, 11) is 0. The summed E-state index contributed by atoms with van der Waals surface area (Å²) in [5.74, 6) is -0.814. The maximum Gasteiger partial charge on any atom is 0.405 e. The van der Waals surface area contributed by atoms with E-state index >= 15 is 0 Å². The molecule has 3 aromatic rings. The molecule has 11 heteroatoms. The minimum absolute atomic E-state index is 0.00428. The van der Waals surface area contributed by atoms with Gasteiger partial charge in [-0.1, -0.05) is 6.07 Å². The number of halogens is 4. The summed E-state index contributed by atoms with van der Waals surface area (Å²) in [5.41, 5.74) is 7.15. The van der Waals surface area contributed by atoms with Gasteiger partial charge in [0.1, 0.15) is 24.7 Å². The lowest BCUT2D eigenvalue weighted by Gasteiger charge is -2.31. The predicted octanol–water partition coefficient (Wildman–Crippen LogP) is 3.12. The molecule has 1 aliphatic heterocycles. The number of rotatable bonds is 3. The summed E-state index contributed by atoms with van der Waals surface area (Å²) in [6, 6.07) is 4.33. The molecule has 0 radical (unpaired) electrons. The number of ether oxygens (including phenoxy) is 1. The standard InChI is InChI=1S/C18H16F4N6O/c1-10-7-28(9-24-10)13-3-2-11(6-12(13)19)14-15-16(26-17(23)25-14)27(4-5-29-15)8-18(20,21)22/h2-3,6-7,9H,4-5,8H2,1H3,(H2,23,25,26). The summed E-state index contributed by atoms with van der Waals surface area (Å²) in [4.78, 5) is 13.1. The van der Waals surface area contributed by atoms with Gasteiger partial charge >= 0.3 is 6.18 Å². The fourth-order valence-electron chi connectivity index (χ4n) is 3.15. The van der Waals surface area contributed by atoms with Crippen LogP contribution in [0.4, 0.5) is 29.3 Å². The van der Waals surface area contributed by atoms with Gasteiger partial charge in [-0.2, -0.15) is 18.2 Å². The highest BCUT2D eigenvalue weighted by molar-refractivity contribution is 5.76. The number of benzene rings is 1. The minimum atomic E-state index is -4.43. The summed E-state index contributed by atoms with van der Waals surface area (Å²) in [6.07, 6.45) is -1.28. The van der Waals surface area contributed by atoms with E-state index in [0.29, 0.717) is 5.56 Å². The Labute approximate surface area is 162 Å². The van der Waals surface area contributed by atoms with Gasteiger partial charge in [0.05, 0.1) is 24.3 Å². The van der Waals surface area contributed by atoms with Crippen LogP contribution in [-0.4, -0.2) is 45.4 Å². The van der Waals surface area contributed by atoms with Crippen molar-refractivity contribution < 1.29 is 22.3 Å². The lowest BCUT2D eigenvalue weighted by Crippen LogP contribution is -2.40. The molecule has 4 rings (SSSR count). The monoisotopic (exact) mass is 408 g/mol. The van der Waals surface area contributed by atoms with Crippen LogP contribution < -0.4 is 15.4 Å². The molecule has 0 spiro atoms. The fourth-order valence-corrected chi connectivity index (χ4v) is 3.15. The molecule has 0 bridgehead atoms. The lowest BCUT2D eigenvalue weighted by molar-refractivity contribution is -0.120. The van der Waals surface area contributed by atoms with Gasteiger partial charge in [0, 0.05) is 11.8 Å². The summed E-state index contributed by atoms with van der Waals surface area (Å²) < 4.78 is 60.5. The zero-order valence-corrected chi connectivity index (χ0v) is 15.2. The molecule has 1 aliphatic rings. The topological polar surface area (TPSA) is 82.1 Å². The Morgan fingerprint density at radius 1 is 1.24 bits per heavy atom. The van der Waals surface area contributed by atoms with Crippen molar-refractivity contribution in [3.63, 3.8) is 0 Å². The van der Waals surface area contributed by atoms with Crippen molar-refractivity contribution in [1.29, 1.82) is 0 Å². The van der Waals surface area contributed by atoms with E-state index in [1.54, 1.807) is 19.2 Å². The van der Waals surface area contributed by atoms with Crippen molar-refractivity contribution in [2.75, 3.05) is 30.3 Å². The molecule has 0 saturated carbocycles. The Morgan fingerprint density at radius 3 is 2.69 bits per heavy atom. The normalized spacial score (nSPS) is 13.9. The zero-order chi connectivity index (χ0) is 20.8. The van der Waals surface area contributed by atoms with Gasteiger partial charge in [0.25, 0.3) is 0 Å². The molecule has 0 atom stereocenters. The van der Waals surface area contributed by atoms with E-state index in [9.17, 15) is 17.6 Å². The Bertz CT molecular complexity index is 1060. The quantitative estimate of drug-likeness (QED) is 0.671. The Hall–Kier alpha value is -3.37. The van der Waals surface area contributed by atoms with Crippen LogP contribution in [0.5, 0.6) is 5.75 Å². The first kappa shape index (κ1) is 19.0. The van der Waals surface area contributed by atoms with E-state index in [4.69, 9.17) is 10.5 Å². The number of nitrogens with two attached hydrogens (primary N) is 1. The third-order valence-electron chi connectivity index (χ3n) is 4.35. The van der Waals surface area contributed by atoms with Crippen molar-refractivity contribution in [2.24, 2.45) is 0 Å². The van der Waals surface area contributed by atoms with Crippen LogP contribution in [0.3, 0.4) is 0 Å². The van der Waals surface area contributed by atoms with Crippen molar-refractivity contribution >= 4 is 11.8 Å². The number of nitrogen functional groups attached to an aromatic ring is 1. The summed E-state index contributed by atoms with van der Waals surface area (Å²) >= 11 is 0. The van der Waals surface area contributed by atoms with Crippen molar-refractivity contribution in [2.45, 2.75) is 13.1 Å². The highest BCUT2D eigenvalue weighted by Gasteiger charge is 2.35. The summed E-state index contributed by atoms with van der Waals surface area (Å²) in [5, 5.41) is 0. The smallest absolute Gasteiger partial charge is 0.405 e. The van der Waals surface area contributed by atoms with Crippen molar-refractivity contribution in [3.8, 4) is 22.7 Å². The molecule has 152 valence electrons. The van der Waals surface area contributed by atoms with Gasteiger partial charge in [0.2, 0.25) is 5.95 Å². The van der Waals surface area contributed by atoms with E-state index in [1.807, 2.05) is 0 Å². The number of nitrogens with zero attached hydrogens (tertiary/aromatic N) is 5. The number of hydrogen-bond acceptors (Lipinski definition) is 6. The van der Waals surface area contributed by atoms with Crippen LogP contribution in [0.25, 0.3) is 16.9 Å². The number of aromatic nitrogens is 4. The molecule has 0 unspecified atom stereocenters. The predicted molar refractivity (Wildman–Crippen MR) is 97.5 cm³/mol. The van der Waals surface area contributed by atoms with Crippen molar-refractivity contribution in [1.82, 2.24) is 19.5 Å². The van der Waals surface area contributed by atoms with E-state index in [0.717, 1.165) is 10.6 Å². The summed E-state index contributed by atoms with van der Waals surface area (Å²) in [6.45, 7) is 0.587. The van der Waals surface area contributed by atoms with Gasteiger partial charge in [-0.05, 0) is 19.1 Å². The Balaban J connectivity index is 1.77. The van der Waals surface area contributed by atoms with E-state index in [-0.39, 0.29) is 42.0 Å². The number of fused-ring (bicyclic) bond motifs is 1. The molecule has 0 amide bonds. The zero-order valence-electron chi connectivity index (χ0n) is 15.2. The highest BCUT2D eigenvalue weighted by atomic mass is 19.4. The second-order valence-electron chi connectivity index (χ2n) is 6.56. The first-order valence-electron chi connectivity index (χ1n) is 8.64. The number of anilines is 2. The molecular weight excluding hydrogens is 392 g/mol. The van der Waals surface area contributed by atoms with E-state index in [1.165, 1.54) is 23.0 Å². The Morgan fingerprint density at radius 2 is 2.03 bits per heavy atom. The van der Waals surface area contributed by atoms with Gasteiger partial charge in [-0.15, -0.1) is 0 Å². The second kappa shape index (κ2) is 6.90. The number of imidazole rings is 1. The largest absolute Gasteiger partial charge is 0.486 e. The number of hydrogen-bond donors (Lipinski definition) is 1. The minimum Gasteiger partial charge on any atom is -0.486 e. The van der Waals surface area contributed by atoms with Crippen LogP contribution in [-0.2, 0) is 0 Å². The molecule has 0 fully saturated rings. The van der Waals surface area contributed by atoms with Crippen LogP contribution in [0, 0.1) is 12.7 Å². The average molecular weight is 408 g/mol. The van der Waals surface area contributed by atoms with Gasteiger partial charge < -0.3 is 19.9 Å². The van der Waals surface area contributed by atoms with Gasteiger partial charge in [-0.25, -0.2) is 14.4 Å². The van der Waals surface area contributed by atoms with E-state index < -0.39 is 18.5 Å². The Kier molecular flexibility index (Phi) is 4.52. The van der Waals surface area contributed by atoms with Gasteiger partial charge in [-0.3, -0.25) is 0 Å². The molecule has 29 heavy (non-hydrogen) atoms. The third kappa shape index (κ3) is 3.80.